The fourth-order valence-electron chi connectivity index (χ4n) is 0.715. The maximum Gasteiger partial charge on any atom is 0.142 e. The summed E-state index contributed by atoms with van der Waals surface area (Å²) >= 11 is 0. The van der Waals surface area contributed by atoms with Gasteiger partial charge in [0.05, 0.1) is 0 Å². The molecule has 0 aliphatic carbocycles. The van der Waals surface area contributed by atoms with Crippen LogP contribution in [0.5, 0.6) is 0 Å². The van der Waals surface area contributed by atoms with E-state index < -0.39 is 0 Å². The van der Waals surface area contributed by atoms with E-state index in [-0.39, 0.29) is 7.43 Å². The first kappa shape index (κ1) is 16.0. The summed E-state index contributed by atoms with van der Waals surface area (Å²) in [6, 6.07) is 9.70. The molecular formula is C13H20O2. The molecule has 1 rings (SSSR count). The first-order chi connectivity index (χ1) is 6.85. The molecule has 0 saturated heterocycles. The summed E-state index contributed by atoms with van der Waals surface area (Å²) in [6.45, 7) is 2.78. The number of carbonyl (C=O) groups is 1. The van der Waals surface area contributed by atoms with E-state index >= 15 is 0 Å². The Kier molecular flexibility index (Phi) is 13.5. The van der Waals surface area contributed by atoms with Gasteiger partial charge in [-0.3, -0.25) is 4.79 Å². The lowest BCUT2D eigenvalue weighted by molar-refractivity contribution is -0.104. The molecule has 0 bridgehead atoms. The van der Waals surface area contributed by atoms with Crippen LogP contribution in [0, 0.1) is 0 Å². The topological polar surface area (TPSA) is 26.3 Å². The zero-order valence-electron chi connectivity index (χ0n) is 8.64. The smallest absolute Gasteiger partial charge is 0.142 e. The van der Waals surface area contributed by atoms with Gasteiger partial charge in [-0.25, -0.2) is 0 Å². The number of aldehydes is 1. The van der Waals surface area contributed by atoms with E-state index in [9.17, 15) is 4.79 Å². The van der Waals surface area contributed by atoms with Crippen molar-refractivity contribution in [2.75, 3.05) is 13.7 Å². The van der Waals surface area contributed by atoms with Crippen LogP contribution in [-0.4, -0.2) is 20.0 Å². The highest BCUT2D eigenvalue weighted by atomic mass is 16.5. The third-order valence-corrected chi connectivity index (χ3v) is 1.46. The lowest BCUT2D eigenvalue weighted by Gasteiger charge is -1.86. The van der Waals surface area contributed by atoms with E-state index in [0.29, 0.717) is 0 Å². The Labute approximate surface area is 92.6 Å². The molecule has 0 amide bonds. The molecule has 0 aromatic heterocycles. The van der Waals surface area contributed by atoms with Gasteiger partial charge in [-0.2, -0.15) is 0 Å². The Morgan fingerprint density at radius 2 is 1.80 bits per heavy atom. The van der Waals surface area contributed by atoms with E-state index in [1.165, 1.54) is 6.08 Å². The number of ether oxygens (including phenoxy) is 1. The van der Waals surface area contributed by atoms with Crippen LogP contribution >= 0.6 is 0 Å². The molecule has 0 fully saturated rings. The predicted octanol–water partition coefficient (Wildman–Crippen LogP) is 3.19. The minimum absolute atomic E-state index is 0. The fraction of sp³-hybridized carbons (Fsp3) is 0.308. The third kappa shape index (κ3) is 10.5. The molecule has 0 atom stereocenters. The van der Waals surface area contributed by atoms with Crippen molar-refractivity contribution < 1.29 is 9.53 Å². The SMILES string of the molecule is C.CCOC.O=C/C=C/c1ccccc1. The summed E-state index contributed by atoms with van der Waals surface area (Å²) in [4.78, 5) is 9.89. The zero-order chi connectivity index (χ0) is 10.6. The van der Waals surface area contributed by atoms with Crippen molar-refractivity contribution in [2.45, 2.75) is 14.4 Å². The predicted molar refractivity (Wildman–Crippen MR) is 65.8 cm³/mol. The number of allylic oxidation sites excluding steroid dienone is 1. The Hall–Kier alpha value is -1.41. The van der Waals surface area contributed by atoms with Crippen molar-refractivity contribution in [3.05, 3.63) is 42.0 Å². The van der Waals surface area contributed by atoms with E-state index in [1.807, 2.05) is 37.3 Å². The largest absolute Gasteiger partial charge is 0.385 e. The first-order valence-corrected chi connectivity index (χ1v) is 4.51. The molecule has 0 aliphatic rings. The Bertz CT molecular complexity index is 250. The van der Waals surface area contributed by atoms with Crippen LogP contribution in [0.25, 0.3) is 6.08 Å². The number of rotatable bonds is 3. The zero-order valence-corrected chi connectivity index (χ0v) is 8.64. The van der Waals surface area contributed by atoms with E-state index in [4.69, 9.17) is 0 Å². The van der Waals surface area contributed by atoms with Crippen LogP contribution in [0.15, 0.2) is 36.4 Å². The quantitative estimate of drug-likeness (QED) is 0.563. The van der Waals surface area contributed by atoms with Crippen molar-refractivity contribution in [3.8, 4) is 0 Å². The fourth-order valence-corrected chi connectivity index (χ4v) is 0.715. The molecule has 0 aliphatic heterocycles. The molecule has 0 heterocycles. The van der Waals surface area contributed by atoms with Gasteiger partial charge < -0.3 is 4.74 Å². The van der Waals surface area contributed by atoms with Crippen LogP contribution in [0.2, 0.25) is 0 Å². The number of methoxy groups -OCH3 is 1. The molecule has 0 N–H and O–H groups in total. The molecule has 2 heteroatoms. The standard InChI is InChI=1S/C9H8O.C3H8O.CH4/c10-8-4-7-9-5-2-1-3-6-9;1-3-4-2;/h1-8H;3H2,1-2H3;1H4/b7-4+;;. The van der Waals surface area contributed by atoms with Crippen LogP contribution in [-0.2, 0) is 9.53 Å². The molecule has 15 heavy (non-hydrogen) atoms. The molecule has 2 nitrogen and oxygen atoms in total. The molecule has 1 aromatic carbocycles. The summed E-state index contributed by atoms with van der Waals surface area (Å²) in [5, 5.41) is 0. The number of benzene rings is 1. The van der Waals surface area contributed by atoms with E-state index in [2.05, 4.69) is 4.74 Å². The normalized spacial score (nSPS) is 8.67. The van der Waals surface area contributed by atoms with Crippen LogP contribution in [0.4, 0.5) is 0 Å². The van der Waals surface area contributed by atoms with Crippen molar-refractivity contribution in [3.63, 3.8) is 0 Å². The van der Waals surface area contributed by atoms with Gasteiger partial charge in [-0.05, 0) is 18.6 Å². The van der Waals surface area contributed by atoms with Crippen molar-refractivity contribution in [1.29, 1.82) is 0 Å². The number of hydrogen-bond donors (Lipinski definition) is 0. The monoisotopic (exact) mass is 208 g/mol. The van der Waals surface area contributed by atoms with Crippen LogP contribution in [0.1, 0.15) is 19.9 Å². The van der Waals surface area contributed by atoms with Gasteiger partial charge in [0.15, 0.2) is 0 Å². The van der Waals surface area contributed by atoms with Crippen molar-refractivity contribution in [2.24, 2.45) is 0 Å². The second-order valence-electron chi connectivity index (χ2n) is 2.48. The average molecular weight is 208 g/mol. The van der Waals surface area contributed by atoms with Crippen molar-refractivity contribution in [1.82, 2.24) is 0 Å². The summed E-state index contributed by atoms with van der Waals surface area (Å²) in [5.41, 5.74) is 1.05. The van der Waals surface area contributed by atoms with Gasteiger partial charge in [-0.1, -0.05) is 43.8 Å². The first-order valence-electron chi connectivity index (χ1n) is 4.51. The number of carbonyl (C=O) groups excluding carboxylic acids is 1. The highest BCUT2D eigenvalue weighted by Crippen LogP contribution is 1.99. The minimum Gasteiger partial charge on any atom is -0.385 e. The summed E-state index contributed by atoms with van der Waals surface area (Å²) < 4.78 is 4.54. The van der Waals surface area contributed by atoms with Gasteiger partial charge in [0.1, 0.15) is 6.29 Å². The van der Waals surface area contributed by atoms with Gasteiger partial charge >= 0.3 is 0 Å². The Balaban J connectivity index is 0. The summed E-state index contributed by atoms with van der Waals surface area (Å²) in [5.74, 6) is 0. The van der Waals surface area contributed by atoms with Crippen molar-refractivity contribution >= 4 is 12.4 Å². The van der Waals surface area contributed by atoms with Gasteiger partial charge in [0.2, 0.25) is 0 Å². The summed E-state index contributed by atoms with van der Waals surface area (Å²) in [7, 11) is 1.68. The molecule has 0 radical (unpaired) electrons. The minimum atomic E-state index is 0. The molecular weight excluding hydrogens is 188 g/mol. The van der Waals surface area contributed by atoms with E-state index in [1.54, 1.807) is 13.2 Å². The van der Waals surface area contributed by atoms with Crippen LogP contribution in [0.3, 0.4) is 0 Å². The highest BCUT2D eigenvalue weighted by Gasteiger charge is 1.79. The summed E-state index contributed by atoms with van der Waals surface area (Å²) in [6.07, 6.45) is 4.02. The highest BCUT2D eigenvalue weighted by molar-refractivity contribution is 5.73. The van der Waals surface area contributed by atoms with Gasteiger partial charge in [0.25, 0.3) is 0 Å². The van der Waals surface area contributed by atoms with Crippen LogP contribution < -0.4 is 0 Å². The maximum atomic E-state index is 9.89. The molecule has 0 saturated carbocycles. The third-order valence-electron chi connectivity index (χ3n) is 1.46. The Morgan fingerprint density at radius 3 is 2.20 bits per heavy atom. The molecule has 84 valence electrons. The molecule has 1 aromatic rings. The molecule has 0 unspecified atom stereocenters. The average Bonchev–Trinajstić information content (AvgIpc) is 2.28. The Morgan fingerprint density at radius 1 is 1.27 bits per heavy atom. The molecule has 0 spiro atoms. The number of hydrogen-bond acceptors (Lipinski definition) is 2. The lowest BCUT2D eigenvalue weighted by Crippen LogP contribution is -1.73. The maximum absolute atomic E-state index is 9.89. The second-order valence-corrected chi connectivity index (χ2v) is 2.48. The second kappa shape index (κ2) is 12.6. The lowest BCUT2D eigenvalue weighted by atomic mass is 10.2. The van der Waals surface area contributed by atoms with E-state index in [0.717, 1.165) is 18.5 Å². The van der Waals surface area contributed by atoms with Gasteiger partial charge in [0, 0.05) is 13.7 Å². The van der Waals surface area contributed by atoms with Gasteiger partial charge in [-0.15, -0.1) is 0 Å².